The fourth-order valence-electron chi connectivity index (χ4n) is 3.42. The Morgan fingerprint density at radius 1 is 1.26 bits per heavy atom. The highest BCUT2D eigenvalue weighted by molar-refractivity contribution is 6.33. The lowest BCUT2D eigenvalue weighted by molar-refractivity contribution is -0.137. The van der Waals surface area contributed by atoms with Gasteiger partial charge in [0, 0.05) is 45.5 Å². The average Bonchev–Trinajstić information content (AvgIpc) is 2.67. The molecule has 1 aromatic rings. The molecule has 150 valence electrons. The summed E-state index contributed by atoms with van der Waals surface area (Å²) in [7, 11) is 1.79. The minimum Gasteiger partial charge on any atom is -0.378 e. The van der Waals surface area contributed by atoms with E-state index in [1.165, 1.54) is 0 Å². The summed E-state index contributed by atoms with van der Waals surface area (Å²) in [6, 6.07) is 0.969. The number of anilines is 1. The van der Waals surface area contributed by atoms with Crippen LogP contribution in [0.4, 0.5) is 23.8 Å². The molecule has 6 nitrogen and oxygen atoms in total. The van der Waals surface area contributed by atoms with Crippen LogP contribution in [0.3, 0.4) is 0 Å². The van der Waals surface area contributed by atoms with Crippen LogP contribution in [0.5, 0.6) is 0 Å². The van der Waals surface area contributed by atoms with E-state index in [0.29, 0.717) is 58.1 Å². The Morgan fingerprint density at radius 2 is 1.89 bits per heavy atom. The molecule has 2 saturated heterocycles. The van der Waals surface area contributed by atoms with Crippen molar-refractivity contribution in [2.75, 3.05) is 51.3 Å². The van der Waals surface area contributed by atoms with Crippen molar-refractivity contribution in [3.63, 3.8) is 0 Å². The van der Waals surface area contributed by atoms with Gasteiger partial charge in [-0.3, -0.25) is 0 Å². The summed E-state index contributed by atoms with van der Waals surface area (Å²) in [5.41, 5.74) is -0.859. The Balaban J connectivity index is 1.59. The highest BCUT2D eigenvalue weighted by atomic mass is 35.5. The van der Waals surface area contributed by atoms with Gasteiger partial charge in [0.25, 0.3) is 0 Å². The van der Waals surface area contributed by atoms with Crippen LogP contribution in [-0.4, -0.2) is 73.3 Å². The lowest BCUT2D eigenvalue weighted by Crippen LogP contribution is -2.52. The van der Waals surface area contributed by atoms with Gasteiger partial charge in [0.15, 0.2) is 0 Å². The molecule has 0 saturated carbocycles. The summed E-state index contributed by atoms with van der Waals surface area (Å²) in [5, 5.41) is -0.0129. The molecular formula is C17H22ClF3N4O2. The molecule has 0 aromatic carbocycles. The van der Waals surface area contributed by atoms with E-state index in [1.54, 1.807) is 16.8 Å². The van der Waals surface area contributed by atoms with Gasteiger partial charge in [0.1, 0.15) is 5.82 Å². The molecule has 3 rings (SSSR count). The van der Waals surface area contributed by atoms with Gasteiger partial charge in [0.05, 0.1) is 23.8 Å². The minimum absolute atomic E-state index is 0.0116. The van der Waals surface area contributed by atoms with Crippen molar-refractivity contribution < 1.29 is 22.7 Å². The zero-order valence-electron chi connectivity index (χ0n) is 15.0. The normalized spacial score (nSPS) is 19.3. The number of piperidine rings is 1. The molecule has 3 heterocycles. The predicted octanol–water partition coefficient (Wildman–Crippen LogP) is 3.11. The van der Waals surface area contributed by atoms with Crippen molar-refractivity contribution in [3.8, 4) is 0 Å². The molecule has 0 bridgehead atoms. The van der Waals surface area contributed by atoms with Crippen molar-refractivity contribution in [1.82, 2.24) is 14.8 Å². The van der Waals surface area contributed by atoms with Crippen LogP contribution < -0.4 is 4.90 Å². The number of alkyl halides is 3. The third-order valence-electron chi connectivity index (χ3n) is 5.04. The van der Waals surface area contributed by atoms with Gasteiger partial charge in [-0.25, -0.2) is 9.78 Å². The molecule has 0 unspecified atom stereocenters. The third kappa shape index (κ3) is 4.57. The summed E-state index contributed by atoms with van der Waals surface area (Å²) in [4.78, 5) is 21.9. The van der Waals surface area contributed by atoms with E-state index in [-0.39, 0.29) is 17.1 Å². The number of carbonyl (C=O) groups excluding carboxylic acids is 1. The van der Waals surface area contributed by atoms with Gasteiger partial charge >= 0.3 is 12.2 Å². The quantitative estimate of drug-likeness (QED) is 0.757. The molecule has 2 aliphatic heterocycles. The molecule has 2 fully saturated rings. The second-order valence-corrected chi connectivity index (χ2v) is 7.15. The van der Waals surface area contributed by atoms with Crippen molar-refractivity contribution in [1.29, 1.82) is 0 Å². The molecule has 0 N–H and O–H groups in total. The summed E-state index contributed by atoms with van der Waals surface area (Å²) in [6.45, 7) is 3.43. The van der Waals surface area contributed by atoms with E-state index < -0.39 is 11.7 Å². The van der Waals surface area contributed by atoms with Crippen LogP contribution in [0.15, 0.2) is 12.3 Å². The lowest BCUT2D eigenvalue weighted by Gasteiger charge is -2.40. The number of rotatable bonds is 2. The first kappa shape index (κ1) is 20.0. The molecule has 27 heavy (non-hydrogen) atoms. The van der Waals surface area contributed by atoms with E-state index in [0.717, 1.165) is 12.3 Å². The molecule has 0 atom stereocenters. The topological polar surface area (TPSA) is 48.9 Å². The maximum Gasteiger partial charge on any atom is 0.417 e. The number of halogens is 4. The van der Waals surface area contributed by atoms with E-state index in [2.05, 4.69) is 4.98 Å². The molecule has 0 aliphatic carbocycles. The number of hydrogen-bond donors (Lipinski definition) is 0. The number of pyridine rings is 1. The maximum absolute atomic E-state index is 12.7. The number of amides is 2. The second kappa shape index (κ2) is 8.10. The Kier molecular flexibility index (Phi) is 6.00. The zero-order valence-corrected chi connectivity index (χ0v) is 15.8. The third-order valence-corrected chi connectivity index (χ3v) is 5.32. The Morgan fingerprint density at radius 3 is 2.44 bits per heavy atom. The van der Waals surface area contributed by atoms with Gasteiger partial charge in [-0.05, 0) is 18.9 Å². The SMILES string of the molecule is CN(C(=O)N1CCOCC1)C1CCN(c2ncc(C(F)(F)F)cc2Cl)CC1. The first-order valence-corrected chi connectivity index (χ1v) is 9.22. The average molecular weight is 407 g/mol. The summed E-state index contributed by atoms with van der Waals surface area (Å²) < 4.78 is 43.5. The first-order valence-electron chi connectivity index (χ1n) is 8.84. The molecule has 10 heteroatoms. The van der Waals surface area contributed by atoms with Crippen molar-refractivity contribution in [2.45, 2.75) is 25.1 Å². The highest BCUT2D eigenvalue weighted by Gasteiger charge is 2.33. The van der Waals surface area contributed by atoms with Crippen molar-refractivity contribution in [3.05, 3.63) is 22.8 Å². The smallest absolute Gasteiger partial charge is 0.378 e. The Hall–Kier alpha value is -1.74. The van der Waals surface area contributed by atoms with Gasteiger partial charge < -0.3 is 19.4 Å². The summed E-state index contributed by atoms with van der Waals surface area (Å²) in [6.07, 6.45) is -2.26. The van der Waals surface area contributed by atoms with Crippen LogP contribution in [0.25, 0.3) is 0 Å². The number of carbonyl (C=O) groups is 1. The standard InChI is InChI=1S/C17H22ClF3N4O2/c1-23(16(26)25-6-8-27-9-7-25)13-2-4-24(5-3-13)15-14(18)10-12(11-22-15)17(19,20)21/h10-11,13H,2-9H2,1H3. The van der Waals surface area contributed by atoms with Crippen LogP contribution in [-0.2, 0) is 10.9 Å². The number of hydrogen-bond acceptors (Lipinski definition) is 4. The van der Waals surface area contributed by atoms with Crippen molar-refractivity contribution >= 4 is 23.4 Å². The van der Waals surface area contributed by atoms with Crippen LogP contribution in [0.1, 0.15) is 18.4 Å². The summed E-state index contributed by atoms with van der Waals surface area (Å²) in [5.74, 6) is 0.352. The first-order chi connectivity index (χ1) is 12.8. The Labute approximate surface area is 160 Å². The van der Waals surface area contributed by atoms with Crippen LogP contribution >= 0.6 is 11.6 Å². The lowest BCUT2D eigenvalue weighted by atomic mass is 10.0. The van der Waals surface area contributed by atoms with E-state index in [1.807, 2.05) is 4.90 Å². The molecule has 0 spiro atoms. The highest BCUT2D eigenvalue weighted by Crippen LogP contribution is 2.34. The second-order valence-electron chi connectivity index (χ2n) is 6.74. The Bertz CT molecular complexity index is 675. The molecular weight excluding hydrogens is 385 g/mol. The van der Waals surface area contributed by atoms with E-state index >= 15 is 0 Å². The fourth-order valence-corrected chi connectivity index (χ4v) is 3.70. The number of ether oxygens (including phenoxy) is 1. The fraction of sp³-hybridized carbons (Fsp3) is 0.647. The zero-order chi connectivity index (χ0) is 19.6. The van der Waals surface area contributed by atoms with E-state index in [9.17, 15) is 18.0 Å². The van der Waals surface area contributed by atoms with E-state index in [4.69, 9.17) is 16.3 Å². The largest absolute Gasteiger partial charge is 0.417 e. The number of morpholine rings is 1. The van der Waals surface area contributed by atoms with Crippen molar-refractivity contribution in [2.24, 2.45) is 0 Å². The van der Waals surface area contributed by atoms with Gasteiger partial charge in [0.2, 0.25) is 0 Å². The predicted molar refractivity (Wildman–Crippen MR) is 95.0 cm³/mol. The van der Waals surface area contributed by atoms with Gasteiger partial charge in [-0.1, -0.05) is 11.6 Å². The van der Waals surface area contributed by atoms with Crippen LogP contribution in [0, 0.1) is 0 Å². The van der Waals surface area contributed by atoms with Crippen LogP contribution in [0.2, 0.25) is 5.02 Å². The monoisotopic (exact) mass is 406 g/mol. The molecule has 0 radical (unpaired) electrons. The van der Waals surface area contributed by atoms with Gasteiger partial charge in [-0.15, -0.1) is 0 Å². The number of aromatic nitrogens is 1. The summed E-state index contributed by atoms with van der Waals surface area (Å²) >= 11 is 6.03. The maximum atomic E-state index is 12.7. The number of urea groups is 1. The number of nitrogens with zero attached hydrogens (tertiary/aromatic N) is 4. The molecule has 1 aromatic heterocycles. The molecule has 2 aliphatic rings. The van der Waals surface area contributed by atoms with Gasteiger partial charge in [-0.2, -0.15) is 13.2 Å². The minimum atomic E-state index is -4.47. The molecule has 2 amide bonds.